The van der Waals surface area contributed by atoms with Crippen LogP contribution in [0.3, 0.4) is 0 Å². The minimum absolute atomic E-state index is 0.0273. The Morgan fingerprint density at radius 1 is 1.26 bits per heavy atom. The lowest BCUT2D eigenvalue weighted by atomic mass is 10.2. The second-order valence-corrected chi connectivity index (χ2v) is 6.50. The molecule has 0 aliphatic rings. The van der Waals surface area contributed by atoms with E-state index in [2.05, 4.69) is 9.71 Å². The highest BCUT2D eigenvalue weighted by atomic mass is 32.2. The Hall–Kier alpha value is -2.29. The fourth-order valence-electron chi connectivity index (χ4n) is 1.97. The van der Waals surface area contributed by atoms with E-state index in [1.54, 1.807) is 31.4 Å². The van der Waals surface area contributed by atoms with Crippen molar-refractivity contribution in [3.63, 3.8) is 0 Å². The van der Waals surface area contributed by atoms with Crippen molar-refractivity contribution >= 4 is 15.9 Å². The van der Waals surface area contributed by atoms with Crippen LogP contribution in [0.15, 0.2) is 53.6 Å². The van der Waals surface area contributed by atoms with Gasteiger partial charge in [-0.15, -0.1) is 0 Å². The number of nitrogens with one attached hydrogen (secondary N) is 1. The van der Waals surface area contributed by atoms with Crippen LogP contribution in [0, 0.1) is 0 Å². The first-order valence-corrected chi connectivity index (χ1v) is 8.23. The van der Waals surface area contributed by atoms with E-state index in [1.165, 1.54) is 24.4 Å². The summed E-state index contributed by atoms with van der Waals surface area (Å²) in [6.07, 6.45) is 1.46. The summed E-state index contributed by atoms with van der Waals surface area (Å²) in [5, 5.41) is 0. The highest BCUT2D eigenvalue weighted by Crippen LogP contribution is 2.16. The number of sulfonamides is 1. The van der Waals surface area contributed by atoms with Gasteiger partial charge in [0.15, 0.2) is 0 Å². The quantitative estimate of drug-likeness (QED) is 0.775. The number of benzene rings is 1. The third-order valence-corrected chi connectivity index (χ3v) is 4.52. The van der Waals surface area contributed by atoms with Gasteiger partial charge in [0.1, 0.15) is 6.04 Å². The summed E-state index contributed by atoms with van der Waals surface area (Å²) < 4.78 is 32.1. The maximum absolute atomic E-state index is 12.4. The first kappa shape index (κ1) is 17.1. The third-order valence-electron chi connectivity index (χ3n) is 3.09. The maximum atomic E-state index is 12.4. The molecule has 1 unspecified atom stereocenters. The van der Waals surface area contributed by atoms with Gasteiger partial charge >= 0.3 is 0 Å². The lowest BCUT2D eigenvalue weighted by Gasteiger charge is -2.15. The Kier molecular flexibility index (Phi) is 5.43. The number of methoxy groups -OCH3 is 1. The van der Waals surface area contributed by atoms with Gasteiger partial charge in [-0.1, -0.05) is 18.2 Å². The topological polar surface area (TPSA) is 111 Å². The van der Waals surface area contributed by atoms with E-state index in [4.69, 9.17) is 10.5 Å². The molecule has 2 aromatic rings. The molecule has 0 saturated heterocycles. The Balaban J connectivity index is 2.26. The van der Waals surface area contributed by atoms with Crippen molar-refractivity contribution in [2.45, 2.75) is 17.5 Å². The zero-order valence-corrected chi connectivity index (χ0v) is 13.3. The molecular formula is C15H17N3O4S. The van der Waals surface area contributed by atoms with Gasteiger partial charge in [0, 0.05) is 13.3 Å². The van der Waals surface area contributed by atoms with Crippen molar-refractivity contribution in [1.82, 2.24) is 9.71 Å². The van der Waals surface area contributed by atoms with Crippen LogP contribution in [-0.2, 0) is 26.2 Å². The third kappa shape index (κ3) is 4.35. The van der Waals surface area contributed by atoms with Crippen LogP contribution in [-0.4, -0.2) is 26.4 Å². The number of ether oxygens (including phenoxy) is 1. The fourth-order valence-corrected chi connectivity index (χ4v) is 3.14. The van der Waals surface area contributed by atoms with Crippen LogP contribution in [0.1, 0.15) is 17.3 Å². The lowest BCUT2D eigenvalue weighted by Crippen LogP contribution is -2.37. The summed E-state index contributed by atoms with van der Waals surface area (Å²) in [7, 11) is -2.36. The number of carbonyl (C=O) groups excluding carboxylic acids is 1. The second kappa shape index (κ2) is 7.32. The van der Waals surface area contributed by atoms with Gasteiger partial charge in [0.25, 0.3) is 0 Å². The molecule has 7 nitrogen and oxygen atoms in total. The van der Waals surface area contributed by atoms with Gasteiger partial charge in [-0.25, -0.2) is 8.42 Å². The van der Waals surface area contributed by atoms with Gasteiger partial charge < -0.3 is 10.5 Å². The number of nitrogens with zero attached hydrogens (tertiary/aromatic N) is 1. The normalized spacial score (nSPS) is 12.7. The molecule has 0 radical (unpaired) electrons. The molecule has 1 amide bonds. The molecule has 0 aliphatic heterocycles. The number of amides is 1. The largest absolute Gasteiger partial charge is 0.380 e. The summed E-state index contributed by atoms with van der Waals surface area (Å²) in [6.45, 7) is 0.381. The lowest BCUT2D eigenvalue weighted by molar-refractivity contribution is -0.119. The summed E-state index contributed by atoms with van der Waals surface area (Å²) in [4.78, 5) is 15.6. The predicted molar refractivity (Wildman–Crippen MR) is 83.6 cm³/mol. The van der Waals surface area contributed by atoms with Crippen molar-refractivity contribution < 1.29 is 17.9 Å². The second-order valence-electron chi connectivity index (χ2n) is 4.79. The van der Waals surface area contributed by atoms with Gasteiger partial charge in [-0.05, 0) is 29.8 Å². The van der Waals surface area contributed by atoms with E-state index in [0.29, 0.717) is 6.61 Å². The molecule has 1 atom stereocenters. The first-order chi connectivity index (χ1) is 10.9. The van der Waals surface area contributed by atoms with Crippen LogP contribution in [0.25, 0.3) is 0 Å². The maximum Gasteiger partial charge on any atom is 0.241 e. The Morgan fingerprint density at radius 2 is 1.96 bits per heavy atom. The van der Waals surface area contributed by atoms with E-state index in [1.807, 2.05) is 0 Å². The Morgan fingerprint density at radius 3 is 2.48 bits per heavy atom. The minimum Gasteiger partial charge on any atom is -0.380 e. The van der Waals surface area contributed by atoms with Crippen molar-refractivity contribution in [3.05, 3.63) is 59.9 Å². The summed E-state index contributed by atoms with van der Waals surface area (Å²) in [6, 6.07) is 9.74. The Bertz CT molecular complexity index is 761. The first-order valence-electron chi connectivity index (χ1n) is 6.74. The number of nitrogens with two attached hydrogens (primary N) is 1. The zero-order chi connectivity index (χ0) is 16.9. The van der Waals surface area contributed by atoms with Gasteiger partial charge in [0.05, 0.1) is 17.2 Å². The molecule has 23 heavy (non-hydrogen) atoms. The van der Waals surface area contributed by atoms with Crippen molar-refractivity contribution in [3.8, 4) is 0 Å². The van der Waals surface area contributed by atoms with Crippen LogP contribution < -0.4 is 10.5 Å². The molecule has 0 bridgehead atoms. The van der Waals surface area contributed by atoms with Crippen LogP contribution in [0.5, 0.6) is 0 Å². The van der Waals surface area contributed by atoms with Crippen LogP contribution in [0.2, 0.25) is 0 Å². The average molecular weight is 335 g/mol. The van der Waals surface area contributed by atoms with E-state index in [-0.39, 0.29) is 10.6 Å². The number of carbonyl (C=O) groups is 1. The zero-order valence-electron chi connectivity index (χ0n) is 12.5. The summed E-state index contributed by atoms with van der Waals surface area (Å²) in [5.41, 5.74) is 6.37. The minimum atomic E-state index is -3.92. The number of hydrogen-bond donors (Lipinski definition) is 2. The number of pyridine rings is 1. The molecule has 3 N–H and O–H groups in total. The van der Waals surface area contributed by atoms with E-state index in [0.717, 1.165) is 5.56 Å². The molecule has 0 aliphatic carbocycles. The molecule has 8 heteroatoms. The van der Waals surface area contributed by atoms with E-state index < -0.39 is 22.0 Å². The highest BCUT2D eigenvalue weighted by molar-refractivity contribution is 7.89. The highest BCUT2D eigenvalue weighted by Gasteiger charge is 2.26. The standard InChI is InChI=1S/C15H17N3O4S/c1-22-10-11-5-7-12(8-6-11)23(20,21)18-14(15(16)19)13-4-2-3-9-17-13/h2-9,14,18H,10H2,1H3,(H2,16,19). The number of hydrogen-bond acceptors (Lipinski definition) is 5. The van der Waals surface area contributed by atoms with Gasteiger partial charge in [0.2, 0.25) is 15.9 Å². The summed E-state index contributed by atoms with van der Waals surface area (Å²) in [5.74, 6) is -0.830. The Labute approximate surface area is 134 Å². The number of rotatable bonds is 7. The van der Waals surface area contributed by atoms with Crippen molar-refractivity contribution in [2.24, 2.45) is 5.73 Å². The fraction of sp³-hybridized carbons (Fsp3) is 0.200. The molecule has 0 spiro atoms. The van der Waals surface area contributed by atoms with Crippen molar-refractivity contribution in [1.29, 1.82) is 0 Å². The summed E-state index contributed by atoms with van der Waals surface area (Å²) >= 11 is 0. The molecular weight excluding hydrogens is 318 g/mol. The number of primary amides is 1. The smallest absolute Gasteiger partial charge is 0.241 e. The predicted octanol–water partition coefficient (Wildman–Crippen LogP) is 0.733. The monoisotopic (exact) mass is 335 g/mol. The van der Waals surface area contributed by atoms with Crippen molar-refractivity contribution in [2.75, 3.05) is 7.11 Å². The number of aromatic nitrogens is 1. The van der Waals surface area contributed by atoms with E-state index in [9.17, 15) is 13.2 Å². The molecule has 1 aromatic heterocycles. The van der Waals surface area contributed by atoms with Gasteiger partial charge in [-0.2, -0.15) is 4.72 Å². The van der Waals surface area contributed by atoms with Crippen LogP contribution in [0.4, 0.5) is 0 Å². The molecule has 2 rings (SSSR count). The molecule has 122 valence electrons. The SMILES string of the molecule is COCc1ccc(S(=O)(=O)NC(C(N)=O)c2ccccn2)cc1. The average Bonchev–Trinajstić information content (AvgIpc) is 2.54. The van der Waals surface area contributed by atoms with E-state index >= 15 is 0 Å². The molecule has 0 fully saturated rings. The van der Waals surface area contributed by atoms with Crippen LogP contribution >= 0.6 is 0 Å². The molecule has 0 saturated carbocycles. The van der Waals surface area contributed by atoms with Gasteiger partial charge in [-0.3, -0.25) is 9.78 Å². The molecule has 1 heterocycles. The molecule has 1 aromatic carbocycles.